The first kappa shape index (κ1) is 56.1. The second kappa shape index (κ2) is 25.5. The number of urea groups is 1. The van der Waals surface area contributed by atoms with Gasteiger partial charge in [-0.25, -0.2) is 14.5 Å². The van der Waals surface area contributed by atoms with E-state index in [2.05, 4.69) is 21.3 Å². The van der Waals surface area contributed by atoms with Crippen LogP contribution < -0.4 is 60.7 Å². The molecule has 6 rings (SSSR count). The number of nitrogens with one attached hydrogen (secondary N) is 4. The normalized spacial score (nSPS) is 18.6. The van der Waals surface area contributed by atoms with Crippen molar-refractivity contribution in [2.24, 2.45) is 28.6 Å². The number of carbonyl (C=O) groups is 6. The molecule has 4 aromatic rings. The number of rotatable bonds is 25. The molecule has 0 spiro atoms. The third-order valence-corrected chi connectivity index (χ3v) is 12.9. The van der Waals surface area contributed by atoms with Crippen LogP contribution in [0, 0.1) is 24.7 Å². The number of unbranched alkanes of at least 4 members (excludes halogenated alkanes) is 2. The highest BCUT2D eigenvalue weighted by molar-refractivity contribution is 7.84. The summed E-state index contributed by atoms with van der Waals surface area (Å²) in [5, 5.41) is 43.1. The number of carbonyl (C=O) groups excluding carboxylic acids is 6. The smallest absolute Gasteiger partial charge is 0.333 e. The Morgan fingerprint density at radius 2 is 1.68 bits per heavy atom. The minimum atomic E-state index is -4.25. The Morgan fingerprint density at radius 3 is 2.34 bits per heavy atom. The fourth-order valence-corrected chi connectivity index (χ4v) is 9.06. The van der Waals surface area contributed by atoms with Crippen LogP contribution >= 0.6 is 0 Å². The summed E-state index contributed by atoms with van der Waals surface area (Å²) in [6, 6.07) is 16.5. The highest BCUT2D eigenvalue weighted by Crippen LogP contribution is 2.31. The van der Waals surface area contributed by atoms with Gasteiger partial charge in [-0.1, -0.05) is 65.8 Å². The van der Waals surface area contributed by atoms with Gasteiger partial charge < -0.3 is 61.2 Å². The molecule has 0 unspecified atom stereocenters. The number of benzene rings is 2. The van der Waals surface area contributed by atoms with Crippen molar-refractivity contribution in [3.8, 4) is 11.3 Å². The van der Waals surface area contributed by atoms with Crippen molar-refractivity contribution in [2.75, 3.05) is 30.3 Å². The summed E-state index contributed by atoms with van der Waals surface area (Å²) < 4.78 is 31.2. The number of fused-ring (bicyclic) bond motifs is 1. The van der Waals surface area contributed by atoms with Gasteiger partial charge in [-0.15, -0.1) is 0 Å². The van der Waals surface area contributed by atoms with Crippen LogP contribution in [0.4, 0.5) is 16.3 Å². The van der Waals surface area contributed by atoms with Crippen LogP contribution in [0.3, 0.4) is 0 Å². The molecular weight excluding hydrogens is 1050 g/mol. The summed E-state index contributed by atoms with van der Waals surface area (Å²) in [6.45, 7) is 6.03. The lowest BCUT2D eigenvalue weighted by Crippen LogP contribution is -3.00. The average Bonchev–Trinajstić information content (AvgIpc) is 3.98. The van der Waals surface area contributed by atoms with Crippen molar-refractivity contribution >= 4 is 62.9 Å². The number of Topliss-reactive ketones (excluding diaryl/α,β-unsaturated/α-hetero) is 1. The van der Waals surface area contributed by atoms with Gasteiger partial charge in [-0.05, 0) is 68.7 Å². The molecule has 2 aromatic carbocycles. The van der Waals surface area contributed by atoms with Crippen LogP contribution in [0.25, 0.3) is 16.9 Å². The summed E-state index contributed by atoms with van der Waals surface area (Å²) in [7, 11) is -4.25. The molecule has 0 bridgehead atoms. The number of aliphatic hydroxyl groups excluding tert-OH is 2. The van der Waals surface area contributed by atoms with Gasteiger partial charge >= 0.3 is 22.0 Å². The third-order valence-electron chi connectivity index (χ3n) is 12.5. The van der Waals surface area contributed by atoms with Gasteiger partial charge in [0.25, 0.3) is 11.8 Å². The predicted molar refractivity (Wildman–Crippen MR) is 257 cm³/mol. The molecule has 3 heterocycles. The first-order valence-electron chi connectivity index (χ1n) is 23.3. The second-order valence-corrected chi connectivity index (χ2v) is 19.5. The molecule has 71 heavy (non-hydrogen) atoms. The number of aromatic nitrogens is 3. The molecule has 1 saturated carbocycles. The van der Waals surface area contributed by atoms with Gasteiger partial charge in [0.15, 0.2) is 5.78 Å². The van der Waals surface area contributed by atoms with Crippen LogP contribution in [0.5, 0.6) is 0 Å². The van der Waals surface area contributed by atoms with Crippen molar-refractivity contribution in [2.45, 2.75) is 103 Å². The lowest BCUT2D eigenvalue weighted by atomic mass is 9.89. The van der Waals surface area contributed by atoms with Crippen molar-refractivity contribution < 1.29 is 80.1 Å². The summed E-state index contributed by atoms with van der Waals surface area (Å²) in [4.78, 5) is 76.8. The van der Waals surface area contributed by atoms with E-state index in [9.17, 15) is 47.4 Å². The zero-order valence-electron chi connectivity index (χ0n) is 39.8. The van der Waals surface area contributed by atoms with E-state index in [1.807, 2.05) is 74.0 Å². The molecule has 1 fully saturated rings. The molecule has 0 saturated heterocycles. The molecule has 2 aliphatic rings. The Bertz CT molecular complexity index is 2680. The van der Waals surface area contributed by atoms with Crippen LogP contribution in [0.15, 0.2) is 79.0 Å². The Balaban J connectivity index is 0.00000937. The summed E-state index contributed by atoms with van der Waals surface area (Å²) in [5.41, 5.74) is 9.87. The Kier molecular flexibility index (Phi) is 20.1. The lowest BCUT2D eigenvalue weighted by Gasteiger charge is -2.24. The molecule has 384 valence electrons. The maximum absolute atomic E-state index is 13.9. The number of nitrogens with two attached hydrogens (primary N) is 2. The maximum Gasteiger partial charge on any atom is 0.333 e. The minimum Gasteiger partial charge on any atom is -1.00 e. The molecule has 23 heteroatoms. The number of imide groups is 1. The van der Waals surface area contributed by atoms with Gasteiger partial charge in [0, 0.05) is 67.2 Å². The molecule has 1 aliphatic heterocycles. The van der Waals surface area contributed by atoms with Gasteiger partial charge in [0.2, 0.25) is 17.6 Å². The molecule has 6 amide bonds. The van der Waals surface area contributed by atoms with Gasteiger partial charge in [0.05, 0.1) is 37.1 Å². The molecular formula is C48H63IN10O11S. The number of aryl methyl sites for hydroxylation is 1. The molecule has 0 radical (unpaired) electrons. The first-order valence-corrected chi connectivity index (χ1v) is 24.8. The summed E-state index contributed by atoms with van der Waals surface area (Å²) in [5.74, 6) is -3.04. The Labute approximate surface area is 429 Å². The molecule has 10 N–H and O–H groups in total. The van der Waals surface area contributed by atoms with E-state index in [-0.39, 0.29) is 92.2 Å². The number of anilines is 2. The van der Waals surface area contributed by atoms with E-state index in [4.69, 9.17) is 20.2 Å². The zero-order chi connectivity index (χ0) is 50.7. The largest absolute Gasteiger partial charge is 1.00 e. The molecule has 2 aromatic heterocycles. The fraction of sp³-hybridized carbons (Fsp3) is 0.458. The van der Waals surface area contributed by atoms with Crippen LogP contribution in [-0.2, 0) is 45.0 Å². The molecule has 21 nitrogen and oxygen atoms in total. The molecule has 6 atom stereocenters. The first-order chi connectivity index (χ1) is 33.3. The maximum atomic E-state index is 13.9. The van der Waals surface area contributed by atoms with Crippen molar-refractivity contribution in [1.29, 1.82) is 0 Å². The lowest BCUT2D eigenvalue weighted by molar-refractivity contribution is -0.665. The van der Waals surface area contributed by atoms with E-state index in [1.54, 1.807) is 22.7 Å². The van der Waals surface area contributed by atoms with Crippen molar-refractivity contribution in [3.63, 3.8) is 0 Å². The van der Waals surface area contributed by atoms with Crippen molar-refractivity contribution in [1.82, 2.24) is 25.1 Å². The van der Waals surface area contributed by atoms with E-state index >= 15 is 0 Å². The highest BCUT2D eigenvalue weighted by atomic mass is 127. The quantitative estimate of drug-likeness (QED) is 0.0171. The van der Waals surface area contributed by atoms with Crippen molar-refractivity contribution in [3.05, 3.63) is 90.1 Å². The second-order valence-electron chi connectivity index (χ2n) is 18.3. The number of primary amides is 1. The van der Waals surface area contributed by atoms with E-state index in [0.29, 0.717) is 55.1 Å². The predicted octanol–water partition coefficient (Wildman–Crippen LogP) is -1.02. The Morgan fingerprint density at radius 1 is 0.958 bits per heavy atom. The fourth-order valence-electron chi connectivity index (χ4n) is 8.69. The zero-order valence-corrected chi connectivity index (χ0v) is 42.8. The Hall–Kier alpha value is -5.86. The number of amides is 6. The van der Waals surface area contributed by atoms with E-state index in [0.717, 1.165) is 21.6 Å². The van der Waals surface area contributed by atoms with Gasteiger partial charge in [0.1, 0.15) is 18.3 Å². The summed E-state index contributed by atoms with van der Waals surface area (Å²) in [6.07, 6.45) is 4.16. The topological polar surface area (TPSA) is 311 Å². The third kappa shape index (κ3) is 15.8. The van der Waals surface area contributed by atoms with Crippen LogP contribution in [-0.4, -0.2) is 113 Å². The number of halogens is 1. The SMILES string of the molecule is Cc1cccc(-c2cc3n(n2)c(N[C@H]2C[C@@H](COS(N)(=O)=O)[C@H](O)[C@@H]2O)cc[n+]3Cc2ccc(NC(=O)[C@@H](CCCNC(N)=O)CC(=O)[C@H](NC(=O)CCCCCN3C(=O)C=CC3=O)C(C)C)cc2)c1.[I-]. The van der Waals surface area contributed by atoms with Crippen LogP contribution in [0.2, 0.25) is 0 Å². The van der Waals surface area contributed by atoms with E-state index < -0.39 is 65.0 Å². The van der Waals surface area contributed by atoms with Gasteiger partial charge in [-0.2, -0.15) is 8.42 Å². The summed E-state index contributed by atoms with van der Waals surface area (Å²) >= 11 is 0. The number of hydrogen-bond acceptors (Lipinski definition) is 13. The minimum absolute atomic E-state index is 0. The number of ketones is 1. The standard InChI is InChI=1S/C48H62N10O11S.HI/c1-29(2)44(54-40(60)12-5-4-6-21-57-42(61)17-18-43(57)62)38(59)25-33(11-8-20-51-48(49)66)47(65)52-35-15-13-31(14-16-35)27-56-22-19-39(53-37-24-34(45(63)46(37)64)28-69-70(50,67)68)58-41(56)26-36(55-58)32-10-7-9-30(3)23-32;/h7,9-10,13-19,22-23,26,29,33-34,37,44-46,63-64H,4-6,8,11-12,20-21,24-25,27-28H2,1-3H3,(H7,49,50,51,52,54,60,65,66,67,68);1H/t33-,34-,37-,44+,45-,46+;/m0./s1. The number of aliphatic hydroxyl groups is 2. The van der Waals surface area contributed by atoms with Crippen LogP contribution in [0.1, 0.15) is 76.3 Å². The van der Waals surface area contributed by atoms with E-state index in [1.165, 1.54) is 12.2 Å². The number of hydrogen-bond donors (Lipinski definition) is 8. The van der Waals surface area contributed by atoms with Gasteiger partial charge in [-0.3, -0.25) is 33.1 Å². The monoisotopic (exact) mass is 1110 g/mol. The molecule has 1 aliphatic carbocycles. The highest BCUT2D eigenvalue weighted by Gasteiger charge is 2.43. The average molecular weight is 1120 g/mol. The number of nitrogens with zero attached hydrogens (tertiary/aromatic N) is 4.